The molecule has 0 aliphatic rings. The highest BCUT2D eigenvalue weighted by Crippen LogP contribution is 2.26. The highest BCUT2D eigenvalue weighted by molar-refractivity contribution is 5.68. The maximum absolute atomic E-state index is 12.5. The van der Waals surface area contributed by atoms with Crippen LogP contribution in [0.5, 0.6) is 17.2 Å². The lowest BCUT2D eigenvalue weighted by Crippen LogP contribution is -2.29. The molecule has 2 unspecified atom stereocenters. The SMILES string of the molecule is CCC(NC(=O)OC(C#N)c1cccc(Oc2ccccc2)c1)c1ccc(OC)cc1. The molecule has 0 saturated heterocycles. The topological polar surface area (TPSA) is 80.6 Å². The summed E-state index contributed by atoms with van der Waals surface area (Å²) < 4.78 is 16.4. The number of nitriles is 1. The normalized spacial score (nSPS) is 12.2. The minimum Gasteiger partial charge on any atom is -0.497 e. The first kappa shape index (κ1) is 21.7. The number of amides is 1. The summed E-state index contributed by atoms with van der Waals surface area (Å²) in [4.78, 5) is 12.5. The number of rotatable bonds is 8. The average Bonchev–Trinajstić information content (AvgIpc) is 2.82. The quantitative estimate of drug-likeness (QED) is 0.492. The van der Waals surface area contributed by atoms with Crippen LogP contribution in [0.1, 0.15) is 36.6 Å². The standard InChI is InChI=1S/C25H24N2O4/c1-3-23(18-12-14-20(29-2)15-13-18)27-25(28)31-24(17-26)19-8-7-11-22(16-19)30-21-9-5-4-6-10-21/h4-16,23-24H,3H2,1-2H3,(H,27,28). The van der Waals surface area contributed by atoms with E-state index in [0.717, 1.165) is 11.3 Å². The first-order chi connectivity index (χ1) is 15.1. The molecule has 0 radical (unpaired) electrons. The molecule has 0 aromatic heterocycles. The Morgan fingerprint density at radius 2 is 1.65 bits per heavy atom. The molecule has 6 heteroatoms. The first-order valence-electron chi connectivity index (χ1n) is 9.96. The van der Waals surface area contributed by atoms with Crippen LogP contribution >= 0.6 is 0 Å². The number of carbonyl (C=O) groups is 1. The Hall–Kier alpha value is -3.98. The molecular weight excluding hydrogens is 392 g/mol. The molecular formula is C25H24N2O4. The Morgan fingerprint density at radius 3 is 2.29 bits per heavy atom. The van der Waals surface area contributed by atoms with Crippen molar-refractivity contribution in [2.24, 2.45) is 0 Å². The van der Waals surface area contributed by atoms with Gasteiger partial charge < -0.3 is 19.5 Å². The van der Waals surface area contributed by atoms with Gasteiger partial charge in [0, 0.05) is 5.56 Å². The van der Waals surface area contributed by atoms with E-state index in [1.807, 2.05) is 67.6 Å². The van der Waals surface area contributed by atoms with Gasteiger partial charge in [0.15, 0.2) is 0 Å². The molecule has 3 rings (SSSR count). The van der Waals surface area contributed by atoms with Gasteiger partial charge in [-0.05, 0) is 48.4 Å². The monoisotopic (exact) mass is 416 g/mol. The van der Waals surface area contributed by atoms with Crippen LogP contribution in [0.3, 0.4) is 0 Å². The summed E-state index contributed by atoms with van der Waals surface area (Å²) in [7, 11) is 1.60. The predicted octanol–water partition coefficient (Wildman–Crippen LogP) is 5.93. The number of alkyl carbamates (subject to hydrolysis) is 1. The summed E-state index contributed by atoms with van der Waals surface area (Å²) in [5.74, 6) is 1.97. The minimum atomic E-state index is -1.06. The van der Waals surface area contributed by atoms with Gasteiger partial charge in [0.1, 0.15) is 23.3 Å². The van der Waals surface area contributed by atoms with Crippen molar-refractivity contribution in [1.29, 1.82) is 5.26 Å². The molecule has 0 heterocycles. The van der Waals surface area contributed by atoms with Crippen molar-refractivity contribution in [1.82, 2.24) is 5.32 Å². The van der Waals surface area contributed by atoms with E-state index in [2.05, 4.69) is 5.32 Å². The smallest absolute Gasteiger partial charge is 0.409 e. The zero-order valence-corrected chi connectivity index (χ0v) is 17.4. The Labute approximate surface area is 182 Å². The summed E-state index contributed by atoms with van der Waals surface area (Å²) in [6, 6.07) is 25.5. The molecule has 0 bridgehead atoms. The summed E-state index contributed by atoms with van der Waals surface area (Å²) in [5, 5.41) is 12.4. The predicted molar refractivity (Wildman–Crippen MR) is 117 cm³/mol. The lowest BCUT2D eigenvalue weighted by molar-refractivity contribution is 0.119. The second kappa shape index (κ2) is 10.7. The molecule has 1 N–H and O–H groups in total. The van der Waals surface area contributed by atoms with E-state index in [-0.39, 0.29) is 6.04 Å². The van der Waals surface area contributed by atoms with Crippen molar-refractivity contribution in [2.75, 3.05) is 7.11 Å². The third-order valence-electron chi connectivity index (χ3n) is 4.70. The second-order valence-electron chi connectivity index (χ2n) is 6.78. The van der Waals surface area contributed by atoms with Gasteiger partial charge in [-0.1, -0.05) is 49.4 Å². The van der Waals surface area contributed by atoms with Crippen LogP contribution in [0.4, 0.5) is 4.79 Å². The van der Waals surface area contributed by atoms with Crippen LogP contribution in [0.2, 0.25) is 0 Å². The van der Waals surface area contributed by atoms with Crippen LogP contribution in [0.15, 0.2) is 78.9 Å². The molecule has 0 saturated carbocycles. The fourth-order valence-corrected chi connectivity index (χ4v) is 3.08. The number of benzene rings is 3. The first-order valence-corrected chi connectivity index (χ1v) is 9.96. The fourth-order valence-electron chi connectivity index (χ4n) is 3.08. The number of carbonyl (C=O) groups excluding carboxylic acids is 1. The van der Waals surface area contributed by atoms with E-state index in [4.69, 9.17) is 14.2 Å². The van der Waals surface area contributed by atoms with E-state index in [1.165, 1.54) is 0 Å². The summed E-state index contributed by atoms with van der Waals surface area (Å²) >= 11 is 0. The molecule has 2 atom stereocenters. The van der Waals surface area contributed by atoms with E-state index in [0.29, 0.717) is 23.5 Å². The number of para-hydroxylation sites is 1. The van der Waals surface area contributed by atoms with Gasteiger partial charge in [0.25, 0.3) is 0 Å². The van der Waals surface area contributed by atoms with Crippen LogP contribution in [-0.2, 0) is 4.74 Å². The second-order valence-corrected chi connectivity index (χ2v) is 6.78. The van der Waals surface area contributed by atoms with Crippen LogP contribution in [0, 0.1) is 11.3 Å². The van der Waals surface area contributed by atoms with Crippen molar-refractivity contribution < 1.29 is 19.0 Å². The number of hydrogen-bond acceptors (Lipinski definition) is 5. The Balaban J connectivity index is 1.66. The van der Waals surface area contributed by atoms with Crippen LogP contribution in [0.25, 0.3) is 0 Å². The van der Waals surface area contributed by atoms with Gasteiger partial charge in [-0.25, -0.2) is 4.79 Å². The largest absolute Gasteiger partial charge is 0.497 e. The van der Waals surface area contributed by atoms with Crippen molar-refractivity contribution in [2.45, 2.75) is 25.5 Å². The lowest BCUT2D eigenvalue weighted by Gasteiger charge is -2.19. The van der Waals surface area contributed by atoms with E-state index < -0.39 is 12.2 Å². The van der Waals surface area contributed by atoms with Crippen LogP contribution in [-0.4, -0.2) is 13.2 Å². The van der Waals surface area contributed by atoms with Crippen molar-refractivity contribution >= 4 is 6.09 Å². The molecule has 1 amide bonds. The molecule has 6 nitrogen and oxygen atoms in total. The van der Waals surface area contributed by atoms with Gasteiger partial charge in [-0.3, -0.25) is 0 Å². The molecule has 3 aromatic carbocycles. The number of ether oxygens (including phenoxy) is 3. The average molecular weight is 416 g/mol. The maximum Gasteiger partial charge on any atom is 0.409 e. The molecule has 158 valence electrons. The highest BCUT2D eigenvalue weighted by Gasteiger charge is 2.20. The van der Waals surface area contributed by atoms with Gasteiger partial charge in [0.2, 0.25) is 6.10 Å². The fraction of sp³-hybridized carbons (Fsp3) is 0.200. The van der Waals surface area contributed by atoms with Crippen molar-refractivity contribution in [3.8, 4) is 23.3 Å². The van der Waals surface area contributed by atoms with Gasteiger partial charge in [-0.15, -0.1) is 0 Å². The molecule has 3 aromatic rings. The Kier molecular flexibility index (Phi) is 7.50. The molecule has 0 aliphatic carbocycles. The number of nitrogens with zero attached hydrogens (tertiary/aromatic N) is 1. The summed E-state index contributed by atoms with van der Waals surface area (Å²) in [6.07, 6.45) is -1.06. The number of hydrogen-bond donors (Lipinski definition) is 1. The number of nitrogens with one attached hydrogen (secondary N) is 1. The molecule has 0 fully saturated rings. The van der Waals surface area contributed by atoms with Gasteiger partial charge >= 0.3 is 6.09 Å². The zero-order valence-electron chi connectivity index (χ0n) is 17.4. The third-order valence-corrected chi connectivity index (χ3v) is 4.70. The van der Waals surface area contributed by atoms with Crippen molar-refractivity contribution in [3.63, 3.8) is 0 Å². The summed E-state index contributed by atoms with van der Waals surface area (Å²) in [6.45, 7) is 1.96. The van der Waals surface area contributed by atoms with E-state index >= 15 is 0 Å². The maximum atomic E-state index is 12.5. The number of methoxy groups -OCH3 is 1. The van der Waals surface area contributed by atoms with Crippen LogP contribution < -0.4 is 14.8 Å². The summed E-state index contributed by atoms with van der Waals surface area (Å²) in [5.41, 5.74) is 1.45. The minimum absolute atomic E-state index is 0.245. The highest BCUT2D eigenvalue weighted by atomic mass is 16.6. The molecule has 0 aliphatic heterocycles. The van der Waals surface area contributed by atoms with E-state index in [9.17, 15) is 10.1 Å². The Morgan fingerprint density at radius 1 is 0.935 bits per heavy atom. The third kappa shape index (κ3) is 6.00. The Bertz CT molecular complexity index is 1030. The van der Waals surface area contributed by atoms with Gasteiger partial charge in [-0.2, -0.15) is 5.26 Å². The zero-order chi connectivity index (χ0) is 22.1. The van der Waals surface area contributed by atoms with Gasteiger partial charge in [0.05, 0.1) is 13.2 Å². The molecule has 31 heavy (non-hydrogen) atoms. The van der Waals surface area contributed by atoms with E-state index in [1.54, 1.807) is 31.4 Å². The lowest BCUT2D eigenvalue weighted by atomic mass is 10.0. The molecule has 0 spiro atoms. The van der Waals surface area contributed by atoms with Crippen molar-refractivity contribution in [3.05, 3.63) is 90.0 Å².